The summed E-state index contributed by atoms with van der Waals surface area (Å²) in [6.07, 6.45) is 1.52. The van der Waals surface area contributed by atoms with Gasteiger partial charge in [0.25, 0.3) is 0 Å². The molecule has 19 heavy (non-hydrogen) atoms. The molecular weight excluding hydrogens is 248 g/mol. The molecule has 0 spiro atoms. The van der Waals surface area contributed by atoms with E-state index in [4.69, 9.17) is 10.5 Å². The van der Waals surface area contributed by atoms with Crippen LogP contribution in [0.5, 0.6) is 0 Å². The zero-order chi connectivity index (χ0) is 14.7. The van der Waals surface area contributed by atoms with Crippen molar-refractivity contribution in [2.45, 2.75) is 38.6 Å². The first-order chi connectivity index (χ1) is 8.72. The molecule has 6 heteroatoms. The van der Waals surface area contributed by atoms with Gasteiger partial charge in [-0.1, -0.05) is 13.8 Å². The molecule has 1 aliphatic carbocycles. The Hall–Kier alpha value is -1.30. The first kappa shape index (κ1) is 15.8. The first-order valence-electron chi connectivity index (χ1n) is 6.41. The summed E-state index contributed by atoms with van der Waals surface area (Å²) < 4.78 is 9.35. The van der Waals surface area contributed by atoms with Gasteiger partial charge in [-0.15, -0.1) is 0 Å². The Morgan fingerprint density at radius 1 is 1.26 bits per heavy atom. The summed E-state index contributed by atoms with van der Waals surface area (Å²) in [6, 6.07) is 0. The number of carbonyl (C=O) groups excluding carboxylic acids is 2. The molecule has 3 N–H and O–H groups in total. The standard InChI is InChI=1S/C13H24N2O4/c1-12(2)5-9(7-15-11(17)19-4)6-13(14,8-12)10(16)18-3/h9H,5-8,14H2,1-4H3,(H,15,17). The van der Waals surface area contributed by atoms with Crippen LogP contribution in [-0.2, 0) is 14.3 Å². The van der Waals surface area contributed by atoms with Crippen molar-refractivity contribution in [3.63, 3.8) is 0 Å². The summed E-state index contributed by atoms with van der Waals surface area (Å²) in [6.45, 7) is 4.59. The molecular formula is C13H24N2O4. The van der Waals surface area contributed by atoms with Crippen LogP contribution in [0.3, 0.4) is 0 Å². The Morgan fingerprint density at radius 3 is 2.42 bits per heavy atom. The molecule has 0 aromatic carbocycles. The number of nitrogens with two attached hydrogens (primary N) is 1. The Balaban J connectivity index is 2.73. The molecule has 1 fully saturated rings. The van der Waals surface area contributed by atoms with Crippen LogP contribution in [0.4, 0.5) is 4.79 Å². The Kier molecular flexibility index (Phi) is 4.79. The molecule has 2 unspecified atom stereocenters. The monoisotopic (exact) mass is 272 g/mol. The highest BCUT2D eigenvalue weighted by Crippen LogP contribution is 2.43. The maximum Gasteiger partial charge on any atom is 0.406 e. The molecule has 0 radical (unpaired) electrons. The van der Waals surface area contributed by atoms with Gasteiger partial charge >= 0.3 is 12.1 Å². The third-order valence-corrected chi connectivity index (χ3v) is 3.60. The molecule has 0 saturated heterocycles. The van der Waals surface area contributed by atoms with Crippen LogP contribution in [0.25, 0.3) is 0 Å². The molecule has 110 valence electrons. The van der Waals surface area contributed by atoms with E-state index >= 15 is 0 Å². The molecule has 0 bridgehead atoms. The van der Waals surface area contributed by atoms with Crippen molar-refractivity contribution in [2.75, 3.05) is 20.8 Å². The van der Waals surface area contributed by atoms with Gasteiger partial charge in [0.2, 0.25) is 0 Å². The highest BCUT2D eigenvalue weighted by molar-refractivity contribution is 5.80. The van der Waals surface area contributed by atoms with E-state index in [-0.39, 0.29) is 17.3 Å². The normalized spacial score (nSPS) is 29.4. The van der Waals surface area contributed by atoms with Crippen LogP contribution >= 0.6 is 0 Å². The van der Waals surface area contributed by atoms with Crippen LogP contribution in [-0.4, -0.2) is 38.4 Å². The number of esters is 1. The Bertz CT molecular complexity index is 357. The summed E-state index contributed by atoms with van der Waals surface area (Å²) in [4.78, 5) is 23.0. The van der Waals surface area contributed by atoms with E-state index in [0.717, 1.165) is 6.42 Å². The van der Waals surface area contributed by atoms with Gasteiger partial charge in [-0.05, 0) is 30.6 Å². The summed E-state index contributed by atoms with van der Waals surface area (Å²) in [5, 5.41) is 2.67. The van der Waals surface area contributed by atoms with Gasteiger partial charge in [-0.2, -0.15) is 0 Å². The minimum absolute atomic E-state index is 0.0658. The second kappa shape index (κ2) is 5.77. The molecule has 6 nitrogen and oxygen atoms in total. The molecule has 1 rings (SSSR count). The van der Waals surface area contributed by atoms with Gasteiger partial charge < -0.3 is 20.5 Å². The van der Waals surface area contributed by atoms with Crippen molar-refractivity contribution >= 4 is 12.1 Å². The van der Waals surface area contributed by atoms with E-state index in [9.17, 15) is 9.59 Å². The van der Waals surface area contributed by atoms with E-state index < -0.39 is 11.6 Å². The van der Waals surface area contributed by atoms with Gasteiger partial charge in [0, 0.05) is 6.54 Å². The molecule has 1 amide bonds. The van der Waals surface area contributed by atoms with E-state index in [1.165, 1.54) is 14.2 Å². The maximum absolute atomic E-state index is 11.9. The SMILES string of the molecule is COC(=O)NCC1CC(C)(C)CC(N)(C(=O)OC)C1. The number of nitrogens with one attached hydrogen (secondary N) is 1. The van der Waals surface area contributed by atoms with Gasteiger partial charge in [0.1, 0.15) is 5.54 Å². The highest BCUT2D eigenvalue weighted by Gasteiger charge is 2.47. The van der Waals surface area contributed by atoms with Gasteiger partial charge in [-0.3, -0.25) is 4.79 Å². The summed E-state index contributed by atoms with van der Waals surface area (Å²) in [7, 11) is 2.67. The molecule has 1 saturated carbocycles. The zero-order valence-corrected chi connectivity index (χ0v) is 12.1. The second-order valence-electron chi connectivity index (χ2n) is 6.14. The topological polar surface area (TPSA) is 90.6 Å². The van der Waals surface area contributed by atoms with E-state index in [1.807, 2.05) is 0 Å². The highest BCUT2D eigenvalue weighted by atomic mass is 16.5. The lowest BCUT2D eigenvalue weighted by Gasteiger charge is -2.44. The van der Waals surface area contributed by atoms with Gasteiger partial charge in [-0.25, -0.2) is 4.79 Å². The van der Waals surface area contributed by atoms with Crippen molar-refractivity contribution < 1.29 is 19.1 Å². The predicted molar refractivity (Wildman–Crippen MR) is 70.5 cm³/mol. The molecule has 0 aromatic rings. The van der Waals surface area contributed by atoms with Crippen molar-refractivity contribution in [3.05, 3.63) is 0 Å². The Labute approximate surface area is 114 Å². The van der Waals surface area contributed by atoms with Crippen molar-refractivity contribution in [2.24, 2.45) is 17.1 Å². The average molecular weight is 272 g/mol. The summed E-state index contributed by atoms with van der Waals surface area (Å²) >= 11 is 0. The van der Waals surface area contributed by atoms with E-state index in [0.29, 0.717) is 19.4 Å². The number of methoxy groups -OCH3 is 2. The Morgan fingerprint density at radius 2 is 1.89 bits per heavy atom. The van der Waals surface area contributed by atoms with Crippen molar-refractivity contribution in [1.82, 2.24) is 5.32 Å². The third-order valence-electron chi connectivity index (χ3n) is 3.60. The fourth-order valence-corrected chi connectivity index (χ4v) is 3.17. The van der Waals surface area contributed by atoms with E-state index in [2.05, 4.69) is 23.9 Å². The number of rotatable bonds is 3. The number of alkyl carbamates (subject to hydrolysis) is 1. The van der Waals surface area contributed by atoms with E-state index in [1.54, 1.807) is 0 Å². The number of hydrogen-bond acceptors (Lipinski definition) is 5. The smallest absolute Gasteiger partial charge is 0.406 e. The summed E-state index contributed by atoms with van der Waals surface area (Å²) in [5.41, 5.74) is 5.16. The molecule has 1 aliphatic rings. The largest absolute Gasteiger partial charge is 0.468 e. The number of carbonyl (C=O) groups is 2. The number of hydrogen-bond donors (Lipinski definition) is 2. The van der Waals surface area contributed by atoms with Crippen LogP contribution in [0.2, 0.25) is 0 Å². The number of amides is 1. The lowest BCUT2D eigenvalue weighted by Crippen LogP contribution is -2.57. The lowest BCUT2D eigenvalue weighted by molar-refractivity contribution is -0.151. The van der Waals surface area contributed by atoms with Crippen LogP contribution in [0, 0.1) is 11.3 Å². The van der Waals surface area contributed by atoms with Crippen LogP contribution in [0.15, 0.2) is 0 Å². The van der Waals surface area contributed by atoms with Crippen LogP contribution in [0.1, 0.15) is 33.1 Å². The molecule has 2 atom stereocenters. The van der Waals surface area contributed by atoms with Crippen molar-refractivity contribution in [1.29, 1.82) is 0 Å². The minimum Gasteiger partial charge on any atom is -0.468 e. The average Bonchev–Trinajstić information content (AvgIpc) is 2.32. The predicted octanol–water partition coefficient (Wildman–Crippen LogP) is 1.04. The third kappa shape index (κ3) is 4.09. The van der Waals surface area contributed by atoms with Crippen molar-refractivity contribution in [3.8, 4) is 0 Å². The minimum atomic E-state index is -0.973. The lowest BCUT2D eigenvalue weighted by atomic mass is 9.64. The molecule has 0 heterocycles. The number of ether oxygens (including phenoxy) is 2. The molecule has 0 aliphatic heterocycles. The van der Waals surface area contributed by atoms with Gasteiger partial charge in [0.15, 0.2) is 0 Å². The maximum atomic E-state index is 11.9. The summed E-state index contributed by atoms with van der Waals surface area (Å²) in [5.74, 6) is -0.254. The fraction of sp³-hybridized carbons (Fsp3) is 0.846. The quantitative estimate of drug-likeness (QED) is 0.749. The van der Waals surface area contributed by atoms with Gasteiger partial charge in [0.05, 0.1) is 14.2 Å². The fourth-order valence-electron chi connectivity index (χ4n) is 3.17. The first-order valence-corrected chi connectivity index (χ1v) is 6.41. The van der Waals surface area contributed by atoms with Crippen LogP contribution < -0.4 is 11.1 Å². The molecule has 0 aromatic heterocycles. The second-order valence-corrected chi connectivity index (χ2v) is 6.14. The zero-order valence-electron chi connectivity index (χ0n) is 12.1.